The zero-order valence-electron chi connectivity index (χ0n) is 12.1. The largest absolute Gasteiger partial charge is 0.573 e. The first-order valence-corrected chi connectivity index (χ1v) is 6.51. The third kappa shape index (κ3) is 4.83. The molecule has 8 heteroatoms. The summed E-state index contributed by atoms with van der Waals surface area (Å²) in [4.78, 5) is 3.98. The van der Waals surface area contributed by atoms with Gasteiger partial charge in [0.05, 0.1) is 5.69 Å². The van der Waals surface area contributed by atoms with Crippen LogP contribution >= 0.6 is 0 Å². The van der Waals surface area contributed by atoms with Gasteiger partial charge in [-0.3, -0.25) is 4.98 Å². The summed E-state index contributed by atoms with van der Waals surface area (Å²) in [5.41, 5.74) is 0.349. The molecule has 0 aliphatic rings. The fourth-order valence-corrected chi connectivity index (χ4v) is 1.89. The zero-order valence-corrected chi connectivity index (χ0v) is 12.1. The van der Waals surface area contributed by atoms with E-state index in [-0.39, 0.29) is 23.8 Å². The second-order valence-corrected chi connectivity index (χ2v) is 4.46. The van der Waals surface area contributed by atoms with Gasteiger partial charge in [-0.15, -0.1) is 13.2 Å². The highest BCUT2D eigenvalue weighted by Crippen LogP contribution is 2.34. The van der Waals surface area contributed by atoms with E-state index in [9.17, 15) is 18.3 Å². The predicted octanol–water partition coefficient (Wildman–Crippen LogP) is 3.04. The van der Waals surface area contributed by atoms with Gasteiger partial charge in [0.25, 0.3) is 0 Å². The van der Waals surface area contributed by atoms with Crippen LogP contribution in [0.2, 0.25) is 0 Å². The number of methoxy groups -OCH3 is 1. The molecule has 0 fully saturated rings. The lowest BCUT2D eigenvalue weighted by molar-refractivity contribution is -0.274. The lowest BCUT2D eigenvalue weighted by Crippen LogP contribution is -2.17. The molecule has 0 aliphatic heterocycles. The molecule has 0 saturated carbocycles. The molecule has 1 aromatic carbocycles. The molecule has 1 N–H and O–H groups in total. The van der Waals surface area contributed by atoms with Gasteiger partial charge in [-0.25, -0.2) is 0 Å². The first kappa shape index (κ1) is 17.0. The van der Waals surface area contributed by atoms with Crippen LogP contribution in [-0.4, -0.2) is 30.4 Å². The van der Waals surface area contributed by atoms with E-state index in [1.807, 2.05) is 0 Å². The molecule has 1 unspecified atom stereocenters. The van der Waals surface area contributed by atoms with E-state index < -0.39 is 18.2 Å². The molecule has 23 heavy (non-hydrogen) atoms. The van der Waals surface area contributed by atoms with Gasteiger partial charge in [0, 0.05) is 18.9 Å². The van der Waals surface area contributed by atoms with Crippen LogP contribution in [0.3, 0.4) is 0 Å². The number of alkyl halides is 3. The molecule has 0 aliphatic carbocycles. The highest BCUT2D eigenvalue weighted by atomic mass is 19.4. The summed E-state index contributed by atoms with van der Waals surface area (Å²) in [5.74, 6) is -0.299. The number of rotatable bonds is 6. The third-order valence-electron chi connectivity index (χ3n) is 2.81. The molecule has 2 rings (SSSR count). The topological polar surface area (TPSA) is 60.8 Å². The molecule has 0 bridgehead atoms. The Morgan fingerprint density at radius 3 is 2.61 bits per heavy atom. The number of pyridine rings is 1. The van der Waals surface area contributed by atoms with Crippen molar-refractivity contribution in [3.63, 3.8) is 0 Å². The average Bonchev–Trinajstić information content (AvgIpc) is 2.52. The number of ether oxygens (including phenoxy) is 3. The Morgan fingerprint density at radius 2 is 2.00 bits per heavy atom. The number of hydrogen-bond acceptors (Lipinski definition) is 5. The number of benzene rings is 1. The summed E-state index contributed by atoms with van der Waals surface area (Å²) in [6, 6.07) is 8.26. The van der Waals surface area contributed by atoms with E-state index in [1.54, 1.807) is 18.2 Å². The second-order valence-electron chi connectivity index (χ2n) is 4.46. The molecule has 124 valence electrons. The summed E-state index contributed by atoms with van der Waals surface area (Å²) in [6.07, 6.45) is -4.65. The van der Waals surface area contributed by atoms with Gasteiger partial charge in [-0.05, 0) is 30.3 Å². The number of aliphatic hydroxyl groups is 1. The smallest absolute Gasteiger partial charge is 0.467 e. The number of halogens is 3. The number of nitrogens with zero attached hydrogens (tertiary/aromatic N) is 1. The van der Waals surface area contributed by atoms with Crippen LogP contribution < -0.4 is 9.47 Å². The van der Waals surface area contributed by atoms with Gasteiger partial charge in [0.2, 0.25) is 0 Å². The predicted molar refractivity (Wildman–Crippen MR) is 73.9 cm³/mol. The van der Waals surface area contributed by atoms with E-state index in [1.165, 1.54) is 19.4 Å². The van der Waals surface area contributed by atoms with Crippen molar-refractivity contribution in [3.05, 3.63) is 53.9 Å². The molecule has 0 saturated heterocycles. The zero-order chi connectivity index (χ0) is 16.9. The molecule has 0 spiro atoms. The first-order valence-electron chi connectivity index (χ1n) is 6.51. The average molecular weight is 329 g/mol. The van der Waals surface area contributed by atoms with Crippen molar-refractivity contribution in [3.8, 4) is 11.5 Å². The highest BCUT2D eigenvalue weighted by molar-refractivity contribution is 5.44. The quantitative estimate of drug-likeness (QED) is 0.826. The molecule has 2 aromatic rings. The summed E-state index contributed by atoms with van der Waals surface area (Å²) in [6.45, 7) is -0.124. The molecular formula is C15H14F3NO4. The SMILES string of the molecule is COCOc1ccc(OC(F)(F)F)cc1C(O)c1ccccn1. The Morgan fingerprint density at radius 1 is 1.22 bits per heavy atom. The number of hydrogen-bond donors (Lipinski definition) is 1. The van der Waals surface area contributed by atoms with Crippen molar-refractivity contribution in [1.29, 1.82) is 0 Å². The van der Waals surface area contributed by atoms with E-state index in [0.29, 0.717) is 0 Å². The minimum absolute atomic E-state index is 0.0856. The summed E-state index contributed by atoms with van der Waals surface area (Å²) in [5, 5.41) is 10.4. The fraction of sp³-hybridized carbons (Fsp3) is 0.267. The Balaban J connectivity index is 2.37. The fourth-order valence-electron chi connectivity index (χ4n) is 1.89. The highest BCUT2D eigenvalue weighted by Gasteiger charge is 2.31. The minimum Gasteiger partial charge on any atom is -0.467 e. The second kappa shape index (κ2) is 7.30. The Hall–Kier alpha value is -2.32. The van der Waals surface area contributed by atoms with E-state index >= 15 is 0 Å². The van der Waals surface area contributed by atoms with Crippen LogP contribution in [0.15, 0.2) is 42.6 Å². The van der Waals surface area contributed by atoms with Crippen molar-refractivity contribution >= 4 is 0 Å². The molecule has 1 atom stereocenters. The van der Waals surface area contributed by atoms with Crippen molar-refractivity contribution < 1.29 is 32.5 Å². The third-order valence-corrected chi connectivity index (χ3v) is 2.81. The van der Waals surface area contributed by atoms with Crippen molar-refractivity contribution in [1.82, 2.24) is 4.98 Å². The van der Waals surface area contributed by atoms with E-state index in [0.717, 1.165) is 12.1 Å². The van der Waals surface area contributed by atoms with Gasteiger partial charge in [-0.2, -0.15) is 0 Å². The maximum atomic E-state index is 12.4. The Bertz CT molecular complexity index is 634. The van der Waals surface area contributed by atoms with Gasteiger partial charge in [-0.1, -0.05) is 6.07 Å². The molecular weight excluding hydrogens is 315 g/mol. The van der Waals surface area contributed by atoms with Gasteiger partial charge in [0.15, 0.2) is 6.79 Å². The van der Waals surface area contributed by atoms with Crippen LogP contribution in [-0.2, 0) is 4.74 Å². The lowest BCUT2D eigenvalue weighted by atomic mass is 10.0. The summed E-state index contributed by atoms with van der Waals surface area (Å²) in [7, 11) is 1.40. The maximum Gasteiger partial charge on any atom is 0.573 e. The number of aromatic nitrogens is 1. The van der Waals surface area contributed by atoms with Crippen LogP contribution in [0, 0.1) is 0 Å². The summed E-state index contributed by atoms with van der Waals surface area (Å²) < 4.78 is 51.0. The molecule has 5 nitrogen and oxygen atoms in total. The number of aliphatic hydroxyl groups excluding tert-OH is 1. The standard InChI is InChI=1S/C15H14F3NO4/c1-21-9-22-13-6-5-10(23-15(16,17)18)8-11(13)14(20)12-4-2-3-7-19-12/h2-8,14,20H,9H2,1H3. The van der Waals surface area contributed by atoms with Gasteiger partial charge in [0.1, 0.15) is 17.6 Å². The lowest BCUT2D eigenvalue weighted by Gasteiger charge is -2.17. The first-order chi connectivity index (χ1) is 10.9. The maximum absolute atomic E-state index is 12.4. The van der Waals surface area contributed by atoms with Crippen LogP contribution in [0.5, 0.6) is 11.5 Å². The molecule has 0 radical (unpaired) electrons. The summed E-state index contributed by atoms with van der Waals surface area (Å²) >= 11 is 0. The van der Waals surface area contributed by atoms with Crippen molar-refractivity contribution in [2.45, 2.75) is 12.5 Å². The normalized spacial score (nSPS) is 12.7. The molecule has 0 amide bonds. The molecule has 1 aromatic heterocycles. The van der Waals surface area contributed by atoms with Gasteiger partial charge < -0.3 is 19.3 Å². The van der Waals surface area contributed by atoms with Crippen molar-refractivity contribution in [2.75, 3.05) is 13.9 Å². The van der Waals surface area contributed by atoms with Gasteiger partial charge >= 0.3 is 6.36 Å². The van der Waals surface area contributed by atoms with E-state index in [2.05, 4.69) is 9.72 Å². The minimum atomic E-state index is -4.83. The van der Waals surface area contributed by atoms with Crippen LogP contribution in [0.4, 0.5) is 13.2 Å². The van der Waals surface area contributed by atoms with Crippen LogP contribution in [0.1, 0.15) is 17.4 Å². The van der Waals surface area contributed by atoms with Crippen LogP contribution in [0.25, 0.3) is 0 Å². The molecule has 1 heterocycles. The van der Waals surface area contributed by atoms with Crippen molar-refractivity contribution in [2.24, 2.45) is 0 Å². The van der Waals surface area contributed by atoms with E-state index in [4.69, 9.17) is 9.47 Å². The Kier molecular flexibility index (Phi) is 5.41. The monoisotopic (exact) mass is 329 g/mol. The Labute approximate surface area is 130 Å².